The van der Waals surface area contributed by atoms with Gasteiger partial charge in [0.15, 0.2) is 11.5 Å². The molecule has 0 saturated heterocycles. The molecular formula is C20H25ClN2O6S. The minimum absolute atomic E-state index is 0.174. The number of benzene rings is 2. The fraction of sp³-hybridized carbons (Fsp3) is 0.350. The summed E-state index contributed by atoms with van der Waals surface area (Å²) in [7, 11) is 0.646. The van der Waals surface area contributed by atoms with Crippen molar-refractivity contribution < 1.29 is 27.4 Å². The zero-order chi connectivity index (χ0) is 22.5. The number of carbonyl (C=O) groups excluding carboxylic acids is 1. The molecule has 0 aliphatic carbocycles. The predicted octanol–water partition coefficient (Wildman–Crippen LogP) is 2.84. The van der Waals surface area contributed by atoms with E-state index in [9.17, 15) is 13.2 Å². The van der Waals surface area contributed by atoms with E-state index in [1.165, 1.54) is 34.3 Å². The molecule has 0 fully saturated rings. The first-order valence-corrected chi connectivity index (χ1v) is 11.2. The van der Waals surface area contributed by atoms with Gasteiger partial charge in [-0.1, -0.05) is 17.7 Å². The van der Waals surface area contributed by atoms with Gasteiger partial charge in [0, 0.05) is 11.6 Å². The van der Waals surface area contributed by atoms with Crippen LogP contribution in [0.5, 0.6) is 17.2 Å². The fourth-order valence-corrected chi connectivity index (χ4v) is 4.28. The summed E-state index contributed by atoms with van der Waals surface area (Å²) in [6.45, 7) is 1.67. The van der Waals surface area contributed by atoms with Crippen molar-refractivity contribution in [3.05, 3.63) is 47.0 Å². The van der Waals surface area contributed by atoms with Crippen molar-refractivity contribution in [2.45, 2.75) is 19.5 Å². The number of amides is 1. The first-order chi connectivity index (χ1) is 14.1. The summed E-state index contributed by atoms with van der Waals surface area (Å²) < 4.78 is 41.7. The van der Waals surface area contributed by atoms with Crippen LogP contribution in [0, 0.1) is 0 Å². The molecule has 164 valence electrons. The molecule has 0 radical (unpaired) electrons. The number of carbonyl (C=O) groups is 1. The molecule has 0 saturated carbocycles. The Morgan fingerprint density at radius 2 is 1.63 bits per heavy atom. The number of hydrogen-bond donors (Lipinski definition) is 1. The van der Waals surface area contributed by atoms with Crippen molar-refractivity contribution in [3.8, 4) is 17.2 Å². The van der Waals surface area contributed by atoms with Gasteiger partial charge in [0.2, 0.25) is 15.9 Å². The second-order valence-corrected chi connectivity index (χ2v) is 8.75. The number of rotatable bonds is 9. The van der Waals surface area contributed by atoms with Crippen LogP contribution in [0.15, 0.2) is 36.4 Å². The lowest BCUT2D eigenvalue weighted by Gasteiger charge is -2.29. The molecule has 0 spiro atoms. The summed E-state index contributed by atoms with van der Waals surface area (Å²) >= 11 is 6.05. The number of methoxy groups -OCH3 is 3. The Morgan fingerprint density at radius 3 is 2.20 bits per heavy atom. The minimum atomic E-state index is -3.82. The third kappa shape index (κ3) is 5.48. The third-order valence-electron chi connectivity index (χ3n) is 4.38. The number of nitrogens with one attached hydrogen (secondary N) is 1. The summed E-state index contributed by atoms with van der Waals surface area (Å²) in [4.78, 5) is 12.8. The normalized spacial score (nSPS) is 12.1. The Labute approximate surface area is 181 Å². The van der Waals surface area contributed by atoms with Crippen molar-refractivity contribution in [1.82, 2.24) is 5.32 Å². The minimum Gasteiger partial charge on any atom is -0.495 e. The van der Waals surface area contributed by atoms with E-state index in [1.807, 2.05) is 0 Å². The molecule has 8 nitrogen and oxygen atoms in total. The summed E-state index contributed by atoms with van der Waals surface area (Å²) in [6, 6.07) is 8.75. The van der Waals surface area contributed by atoms with Crippen molar-refractivity contribution in [2.24, 2.45) is 0 Å². The molecule has 30 heavy (non-hydrogen) atoms. The van der Waals surface area contributed by atoms with Gasteiger partial charge in [0.05, 0.1) is 33.3 Å². The number of sulfonamides is 1. The van der Waals surface area contributed by atoms with Crippen molar-refractivity contribution >= 4 is 33.2 Å². The predicted molar refractivity (Wildman–Crippen MR) is 116 cm³/mol. The van der Waals surface area contributed by atoms with Gasteiger partial charge in [-0.25, -0.2) is 8.42 Å². The standard InChI is InChI=1S/C20H25ClN2O6S/c1-13(20(24)22-12-14-6-8-18(28-3)19(10-14)29-4)23(30(5,25)26)16-11-15(21)7-9-17(16)27-2/h6-11,13H,12H2,1-5H3,(H,22,24)/t13-/m1/s1. The van der Waals surface area contributed by atoms with Crippen molar-refractivity contribution in [1.29, 1.82) is 0 Å². The molecular weight excluding hydrogens is 432 g/mol. The molecule has 0 heterocycles. The first-order valence-electron chi connectivity index (χ1n) is 8.94. The lowest BCUT2D eigenvalue weighted by molar-refractivity contribution is -0.122. The van der Waals surface area contributed by atoms with E-state index in [-0.39, 0.29) is 18.0 Å². The summed E-state index contributed by atoms with van der Waals surface area (Å²) in [5.74, 6) is 0.887. The molecule has 0 aliphatic rings. The number of nitrogens with zero attached hydrogens (tertiary/aromatic N) is 1. The van der Waals surface area contributed by atoms with Crippen LogP contribution in [0.25, 0.3) is 0 Å². The molecule has 10 heteroatoms. The van der Waals surface area contributed by atoms with Crippen LogP contribution in [-0.4, -0.2) is 48.0 Å². The summed E-state index contributed by atoms with van der Waals surface area (Å²) in [5, 5.41) is 3.06. The van der Waals surface area contributed by atoms with Gasteiger partial charge in [-0.05, 0) is 42.8 Å². The Hall–Kier alpha value is -2.65. The summed E-state index contributed by atoms with van der Waals surface area (Å²) in [6.07, 6.45) is 1.02. The molecule has 2 rings (SSSR count). The average molecular weight is 457 g/mol. The van der Waals surface area contributed by atoms with Gasteiger partial charge in [-0.3, -0.25) is 9.10 Å². The fourth-order valence-electron chi connectivity index (χ4n) is 2.94. The Kier molecular flexibility index (Phi) is 7.80. The molecule has 1 amide bonds. The van der Waals surface area contributed by atoms with Crippen LogP contribution in [0.1, 0.15) is 12.5 Å². The molecule has 2 aromatic carbocycles. The van der Waals surface area contributed by atoms with E-state index < -0.39 is 22.0 Å². The molecule has 1 atom stereocenters. The van der Waals surface area contributed by atoms with E-state index in [1.54, 1.807) is 30.3 Å². The highest BCUT2D eigenvalue weighted by Crippen LogP contribution is 2.34. The van der Waals surface area contributed by atoms with E-state index in [2.05, 4.69) is 5.32 Å². The molecule has 0 aliphatic heterocycles. The van der Waals surface area contributed by atoms with Gasteiger partial charge >= 0.3 is 0 Å². The van der Waals surface area contributed by atoms with E-state index in [0.717, 1.165) is 16.1 Å². The molecule has 0 bridgehead atoms. The molecule has 0 unspecified atom stereocenters. The quantitative estimate of drug-likeness (QED) is 0.623. The van der Waals surface area contributed by atoms with E-state index in [4.69, 9.17) is 25.8 Å². The second kappa shape index (κ2) is 9.90. The average Bonchev–Trinajstić information content (AvgIpc) is 2.70. The second-order valence-electron chi connectivity index (χ2n) is 6.46. The Morgan fingerprint density at radius 1 is 1.03 bits per heavy atom. The smallest absolute Gasteiger partial charge is 0.243 e. The van der Waals surface area contributed by atoms with E-state index >= 15 is 0 Å². The van der Waals surface area contributed by atoms with Gasteiger partial charge in [-0.2, -0.15) is 0 Å². The maximum absolute atomic E-state index is 12.8. The number of hydrogen-bond acceptors (Lipinski definition) is 6. The van der Waals surface area contributed by atoms with Gasteiger partial charge in [0.1, 0.15) is 11.8 Å². The van der Waals surface area contributed by atoms with Crippen LogP contribution < -0.4 is 23.8 Å². The molecule has 2 aromatic rings. The van der Waals surface area contributed by atoms with Crippen LogP contribution in [-0.2, 0) is 21.4 Å². The maximum atomic E-state index is 12.8. The highest BCUT2D eigenvalue weighted by atomic mass is 35.5. The lowest BCUT2D eigenvalue weighted by Crippen LogP contribution is -2.47. The highest BCUT2D eigenvalue weighted by molar-refractivity contribution is 7.92. The van der Waals surface area contributed by atoms with Crippen LogP contribution in [0.2, 0.25) is 5.02 Å². The van der Waals surface area contributed by atoms with Crippen LogP contribution in [0.4, 0.5) is 5.69 Å². The summed E-state index contributed by atoms with van der Waals surface area (Å²) in [5.41, 5.74) is 0.945. The Bertz CT molecular complexity index is 1010. The lowest BCUT2D eigenvalue weighted by atomic mass is 10.2. The number of halogens is 1. The molecule has 0 aromatic heterocycles. The highest BCUT2D eigenvalue weighted by Gasteiger charge is 2.31. The largest absolute Gasteiger partial charge is 0.495 e. The Balaban J connectivity index is 2.26. The van der Waals surface area contributed by atoms with E-state index in [0.29, 0.717) is 16.5 Å². The molecule has 1 N–H and O–H groups in total. The number of anilines is 1. The first kappa shape index (κ1) is 23.6. The third-order valence-corrected chi connectivity index (χ3v) is 5.84. The van der Waals surface area contributed by atoms with Crippen LogP contribution >= 0.6 is 11.6 Å². The monoisotopic (exact) mass is 456 g/mol. The van der Waals surface area contributed by atoms with Crippen molar-refractivity contribution in [2.75, 3.05) is 31.9 Å². The van der Waals surface area contributed by atoms with Crippen molar-refractivity contribution in [3.63, 3.8) is 0 Å². The zero-order valence-corrected chi connectivity index (χ0v) is 19.0. The van der Waals surface area contributed by atoms with Gasteiger partial charge < -0.3 is 19.5 Å². The maximum Gasteiger partial charge on any atom is 0.243 e. The van der Waals surface area contributed by atoms with Gasteiger partial charge in [-0.15, -0.1) is 0 Å². The van der Waals surface area contributed by atoms with Gasteiger partial charge in [0.25, 0.3) is 0 Å². The SMILES string of the molecule is COc1ccc(CNC(=O)[C@@H](C)N(c2cc(Cl)ccc2OC)S(C)(=O)=O)cc1OC. The van der Waals surface area contributed by atoms with Crippen LogP contribution in [0.3, 0.4) is 0 Å². The topological polar surface area (TPSA) is 94.2 Å². The number of ether oxygens (including phenoxy) is 3. The zero-order valence-electron chi connectivity index (χ0n) is 17.4.